The van der Waals surface area contributed by atoms with Gasteiger partial charge in [0.2, 0.25) is 0 Å². The molecule has 4 unspecified atom stereocenters. The molecule has 6 nitrogen and oxygen atoms in total. The van der Waals surface area contributed by atoms with E-state index in [9.17, 15) is 0 Å². The highest BCUT2D eigenvalue weighted by atomic mass is 15.2. The molecule has 4 heterocycles. The number of hydrogen-bond acceptors (Lipinski definition) is 5. The molecule has 12 rings (SSSR count). The number of benzene rings is 6. The predicted molar refractivity (Wildman–Crippen MR) is 253 cm³/mol. The zero-order valence-corrected chi connectivity index (χ0v) is 33.8. The smallest absolute Gasteiger partial charge is 0.182 e. The molecule has 9 aromatic rings. The van der Waals surface area contributed by atoms with E-state index < -0.39 is 0 Å². The van der Waals surface area contributed by atoms with Crippen molar-refractivity contribution in [2.45, 2.75) is 12.1 Å². The van der Waals surface area contributed by atoms with Gasteiger partial charge >= 0.3 is 0 Å². The molecular weight excluding hydrogens is 757 g/mol. The molecule has 62 heavy (non-hydrogen) atoms. The maximum atomic E-state index is 4.95. The van der Waals surface area contributed by atoms with E-state index in [1.165, 1.54) is 33.1 Å². The Labute approximate surface area is 360 Å². The lowest BCUT2D eigenvalue weighted by atomic mass is 9.81. The molecule has 0 N–H and O–H groups in total. The van der Waals surface area contributed by atoms with Gasteiger partial charge in [0, 0.05) is 51.3 Å². The first-order valence-electron chi connectivity index (χ1n) is 21.3. The third-order valence-electron chi connectivity index (χ3n) is 12.7. The zero-order chi connectivity index (χ0) is 41.0. The molecule has 1 aliphatic heterocycles. The number of anilines is 1. The second-order valence-corrected chi connectivity index (χ2v) is 16.2. The number of hydrogen-bond donors (Lipinski definition) is 0. The van der Waals surface area contributed by atoms with Gasteiger partial charge in [-0.1, -0.05) is 158 Å². The van der Waals surface area contributed by atoms with Crippen LogP contribution < -0.4 is 4.90 Å². The van der Waals surface area contributed by atoms with Crippen LogP contribution in [0.2, 0.25) is 0 Å². The highest BCUT2D eigenvalue weighted by molar-refractivity contribution is 6.10. The van der Waals surface area contributed by atoms with Crippen molar-refractivity contribution >= 4 is 33.1 Å². The van der Waals surface area contributed by atoms with Crippen LogP contribution in [0.3, 0.4) is 0 Å². The van der Waals surface area contributed by atoms with Crippen molar-refractivity contribution in [2.24, 2.45) is 11.8 Å². The van der Waals surface area contributed by atoms with Gasteiger partial charge in [0.1, 0.15) is 5.69 Å². The van der Waals surface area contributed by atoms with Crippen molar-refractivity contribution < 1.29 is 0 Å². The molecule has 3 aromatic heterocycles. The van der Waals surface area contributed by atoms with E-state index in [2.05, 4.69) is 161 Å². The predicted octanol–water partition coefficient (Wildman–Crippen LogP) is 12.6. The van der Waals surface area contributed by atoms with Gasteiger partial charge < -0.3 is 9.47 Å². The molecule has 3 aliphatic rings. The summed E-state index contributed by atoms with van der Waals surface area (Å²) < 4.78 is 2.41. The summed E-state index contributed by atoms with van der Waals surface area (Å²) >= 11 is 0. The second kappa shape index (κ2) is 14.9. The highest BCUT2D eigenvalue weighted by Gasteiger charge is 2.46. The van der Waals surface area contributed by atoms with Crippen molar-refractivity contribution in [3.63, 3.8) is 0 Å². The zero-order valence-electron chi connectivity index (χ0n) is 33.8. The summed E-state index contributed by atoms with van der Waals surface area (Å²) in [5.41, 5.74) is 11.8. The Bertz CT molecular complexity index is 3220. The fraction of sp³-hybridized carbons (Fsp3) is 0.0714. The SMILES string of the molecule is C1=CC2C3C=CC(c4cccc(-n5c6ccccc6c6cc(-c7ccnc(-c8nc(-c9ccccc9)nc(-c9ccccc9)n8)c7)ccc65)c4)=CC3N(c3ccccc3)C2C=C1. The summed E-state index contributed by atoms with van der Waals surface area (Å²) in [5, 5.41) is 2.39. The number of nitrogens with zero attached hydrogens (tertiary/aromatic N) is 6. The molecule has 1 saturated heterocycles. The Morgan fingerprint density at radius 2 is 1.05 bits per heavy atom. The lowest BCUT2D eigenvalue weighted by Crippen LogP contribution is -2.36. The van der Waals surface area contributed by atoms with Crippen LogP contribution in [-0.4, -0.2) is 36.6 Å². The molecule has 4 atom stereocenters. The third kappa shape index (κ3) is 6.19. The summed E-state index contributed by atoms with van der Waals surface area (Å²) in [6, 6.07) is 60.2. The van der Waals surface area contributed by atoms with Crippen molar-refractivity contribution in [1.29, 1.82) is 0 Å². The molecule has 6 aromatic carbocycles. The molecule has 0 amide bonds. The average Bonchev–Trinajstić information content (AvgIpc) is 3.87. The summed E-state index contributed by atoms with van der Waals surface area (Å²) in [6.45, 7) is 0. The molecule has 0 radical (unpaired) electrons. The minimum absolute atomic E-state index is 0.255. The minimum atomic E-state index is 0.255. The van der Waals surface area contributed by atoms with Crippen LogP contribution in [0, 0.1) is 11.8 Å². The third-order valence-corrected chi connectivity index (χ3v) is 12.7. The maximum absolute atomic E-state index is 4.95. The molecule has 6 heteroatoms. The number of pyridine rings is 1. The van der Waals surface area contributed by atoms with Crippen molar-refractivity contribution in [3.05, 3.63) is 224 Å². The topological polar surface area (TPSA) is 59.7 Å². The van der Waals surface area contributed by atoms with E-state index >= 15 is 0 Å². The van der Waals surface area contributed by atoms with Crippen molar-refractivity contribution in [2.75, 3.05) is 4.90 Å². The van der Waals surface area contributed by atoms with E-state index in [0.29, 0.717) is 41.0 Å². The van der Waals surface area contributed by atoms with Crippen LogP contribution in [0.25, 0.3) is 78.5 Å². The second-order valence-electron chi connectivity index (χ2n) is 16.2. The van der Waals surface area contributed by atoms with E-state index in [0.717, 1.165) is 33.5 Å². The van der Waals surface area contributed by atoms with E-state index in [4.69, 9.17) is 19.9 Å². The van der Waals surface area contributed by atoms with E-state index in [1.807, 2.05) is 66.9 Å². The summed E-state index contributed by atoms with van der Waals surface area (Å²) in [4.78, 5) is 22.2. The largest absolute Gasteiger partial charge is 0.357 e. The number of para-hydroxylation sites is 2. The Morgan fingerprint density at radius 1 is 0.419 bits per heavy atom. The molecule has 294 valence electrons. The Hall–Kier alpha value is -7.96. The van der Waals surface area contributed by atoms with E-state index in [1.54, 1.807) is 0 Å². The van der Waals surface area contributed by atoms with Gasteiger partial charge in [-0.2, -0.15) is 0 Å². The van der Waals surface area contributed by atoms with Crippen molar-refractivity contribution in [3.8, 4) is 51.1 Å². The highest BCUT2D eigenvalue weighted by Crippen LogP contribution is 2.46. The Kier molecular flexibility index (Phi) is 8.66. The quantitative estimate of drug-likeness (QED) is 0.161. The van der Waals surface area contributed by atoms with Gasteiger partial charge in [0.05, 0.1) is 23.1 Å². The molecule has 1 fully saturated rings. The standard InChI is InChI=1S/C56H40N6/c1-4-15-37(16-5-1)54-58-55(38-17-6-2-7-18-38)60-56(59-54)49-35-42(31-32-57-49)40-28-30-52-48(34-40)46-24-11-13-26-51(46)62(52)44-22-14-19-39(33-44)41-27-29-47-45-23-10-12-25-50(45)61(53(47)36-41)43-20-8-3-9-21-43/h1-36,45,47,50,53H. The molecule has 0 spiro atoms. The number of aromatic nitrogens is 5. The lowest BCUT2D eigenvalue weighted by Gasteiger charge is -2.32. The molecular formula is C56H40N6. The van der Waals surface area contributed by atoms with Gasteiger partial charge in [0.25, 0.3) is 0 Å². The van der Waals surface area contributed by atoms with Crippen molar-refractivity contribution in [1.82, 2.24) is 24.5 Å². The minimum Gasteiger partial charge on any atom is -0.357 e. The Morgan fingerprint density at radius 3 is 1.84 bits per heavy atom. The first-order valence-corrected chi connectivity index (χ1v) is 21.3. The maximum Gasteiger partial charge on any atom is 0.182 e. The monoisotopic (exact) mass is 796 g/mol. The van der Waals surface area contributed by atoms with Gasteiger partial charge in [0.15, 0.2) is 17.5 Å². The van der Waals surface area contributed by atoms with Crippen LogP contribution in [0.1, 0.15) is 5.56 Å². The number of rotatable bonds is 7. The first-order chi connectivity index (χ1) is 30.7. The average molecular weight is 797 g/mol. The molecule has 2 aliphatic carbocycles. The summed E-state index contributed by atoms with van der Waals surface area (Å²) in [6.07, 6.45) is 18.3. The summed E-state index contributed by atoms with van der Waals surface area (Å²) in [7, 11) is 0. The number of fused-ring (bicyclic) bond motifs is 6. The molecule has 0 bridgehead atoms. The summed E-state index contributed by atoms with van der Waals surface area (Å²) in [5.74, 6) is 2.60. The number of allylic oxidation sites excluding steroid dienone is 4. The van der Waals surface area contributed by atoms with Crippen LogP contribution in [0.15, 0.2) is 219 Å². The fourth-order valence-corrected chi connectivity index (χ4v) is 9.79. The van der Waals surface area contributed by atoms with Crippen LogP contribution in [-0.2, 0) is 0 Å². The van der Waals surface area contributed by atoms with Crippen LogP contribution >= 0.6 is 0 Å². The van der Waals surface area contributed by atoms with Crippen LogP contribution in [0.5, 0.6) is 0 Å². The van der Waals surface area contributed by atoms with Gasteiger partial charge in [-0.3, -0.25) is 4.98 Å². The molecule has 0 saturated carbocycles. The van der Waals surface area contributed by atoms with E-state index in [-0.39, 0.29) is 6.04 Å². The first kappa shape index (κ1) is 35.9. The van der Waals surface area contributed by atoms with Crippen LogP contribution in [0.4, 0.5) is 5.69 Å². The fourth-order valence-electron chi connectivity index (χ4n) is 9.79. The van der Waals surface area contributed by atoms with Gasteiger partial charge in [-0.15, -0.1) is 0 Å². The normalized spacial score (nSPS) is 18.8. The van der Waals surface area contributed by atoms with Gasteiger partial charge in [-0.25, -0.2) is 15.0 Å². The lowest BCUT2D eigenvalue weighted by molar-refractivity contribution is 0.528. The van der Waals surface area contributed by atoms with Gasteiger partial charge in [-0.05, 0) is 76.9 Å². The Balaban J connectivity index is 0.919.